The number of carbonyl (C=O) groups is 2. The molecule has 0 spiro atoms. The highest BCUT2D eigenvalue weighted by Gasteiger charge is 2.11. The van der Waals surface area contributed by atoms with Crippen molar-refractivity contribution >= 4 is 11.9 Å². The maximum atomic E-state index is 11.5. The Bertz CT molecular complexity index is 651. The zero-order valence-electron chi connectivity index (χ0n) is 11.5. The summed E-state index contributed by atoms with van der Waals surface area (Å²) in [6.07, 6.45) is 1.58. The van der Waals surface area contributed by atoms with Gasteiger partial charge in [0.25, 0.3) is 0 Å². The molecule has 1 N–H and O–H groups in total. The van der Waals surface area contributed by atoms with Crippen LogP contribution in [0, 0.1) is 0 Å². The molecule has 0 fully saturated rings. The highest BCUT2D eigenvalue weighted by atomic mass is 16.5. The van der Waals surface area contributed by atoms with Gasteiger partial charge in [-0.1, -0.05) is 17.3 Å². The lowest BCUT2D eigenvalue weighted by molar-refractivity contribution is -0.142. The number of aromatic carboxylic acids is 1. The Hall–Kier alpha value is -2.70. The fourth-order valence-electron chi connectivity index (χ4n) is 1.88. The summed E-state index contributed by atoms with van der Waals surface area (Å²) in [5.41, 5.74) is 1.60. The average molecular weight is 289 g/mol. The van der Waals surface area contributed by atoms with Crippen LogP contribution >= 0.6 is 0 Å². The number of hydrogen-bond acceptors (Lipinski definition) is 5. The molecule has 0 saturated heterocycles. The molecule has 0 amide bonds. The summed E-state index contributed by atoms with van der Waals surface area (Å²) in [5.74, 6) is -1.33. The fraction of sp³-hybridized carbons (Fsp3) is 0.286. The van der Waals surface area contributed by atoms with E-state index in [4.69, 9.17) is 9.84 Å². The van der Waals surface area contributed by atoms with Crippen LogP contribution in [0.5, 0.6) is 0 Å². The van der Waals surface area contributed by atoms with E-state index < -0.39 is 5.97 Å². The van der Waals surface area contributed by atoms with Gasteiger partial charge in [-0.15, -0.1) is 5.10 Å². The predicted octanol–water partition coefficient (Wildman–Crippen LogP) is 1.13. The molecule has 0 unspecified atom stereocenters. The molecule has 1 heterocycles. The Balaban J connectivity index is 2.13. The summed E-state index contributed by atoms with van der Waals surface area (Å²) < 4.78 is 6.44. The summed E-state index contributed by atoms with van der Waals surface area (Å²) in [5, 5.41) is 16.7. The molecule has 0 aliphatic carbocycles. The topological polar surface area (TPSA) is 94.3 Å². The van der Waals surface area contributed by atoms with E-state index in [9.17, 15) is 9.59 Å². The average Bonchev–Trinajstić information content (AvgIpc) is 2.86. The Morgan fingerprint density at radius 3 is 2.90 bits per heavy atom. The standard InChI is InChI=1S/C14H15N3O4/c1-2-21-13(18)7-12-8-15-16-17(12)9-10-4-3-5-11(6-10)14(19)20/h3-6,8H,2,7,9H2,1H3,(H,19,20). The zero-order valence-corrected chi connectivity index (χ0v) is 11.5. The number of carboxylic acids is 1. The first-order chi connectivity index (χ1) is 10.1. The minimum absolute atomic E-state index is 0.0828. The molecule has 0 saturated carbocycles. The van der Waals surface area contributed by atoms with Crippen molar-refractivity contribution < 1.29 is 19.4 Å². The Labute approximate surface area is 121 Å². The molecule has 21 heavy (non-hydrogen) atoms. The minimum Gasteiger partial charge on any atom is -0.478 e. The molecule has 0 aliphatic rings. The second-order valence-corrected chi connectivity index (χ2v) is 4.37. The van der Waals surface area contributed by atoms with Gasteiger partial charge in [0, 0.05) is 0 Å². The van der Waals surface area contributed by atoms with Gasteiger partial charge in [0.15, 0.2) is 0 Å². The first-order valence-corrected chi connectivity index (χ1v) is 6.45. The van der Waals surface area contributed by atoms with E-state index >= 15 is 0 Å². The molecule has 0 aliphatic heterocycles. The quantitative estimate of drug-likeness (QED) is 0.801. The number of esters is 1. The molecular weight excluding hydrogens is 274 g/mol. The van der Waals surface area contributed by atoms with E-state index in [0.717, 1.165) is 5.56 Å². The van der Waals surface area contributed by atoms with Crippen molar-refractivity contribution in [1.82, 2.24) is 15.0 Å². The molecule has 1 aromatic carbocycles. The third kappa shape index (κ3) is 3.88. The molecule has 110 valence electrons. The molecular formula is C14H15N3O4. The van der Waals surface area contributed by atoms with Crippen molar-refractivity contribution in [3.8, 4) is 0 Å². The lowest BCUT2D eigenvalue weighted by Gasteiger charge is -2.07. The lowest BCUT2D eigenvalue weighted by Crippen LogP contribution is -2.13. The Morgan fingerprint density at radius 1 is 1.38 bits per heavy atom. The van der Waals surface area contributed by atoms with E-state index in [0.29, 0.717) is 18.8 Å². The lowest BCUT2D eigenvalue weighted by atomic mass is 10.1. The number of benzene rings is 1. The molecule has 1 aromatic heterocycles. The van der Waals surface area contributed by atoms with Crippen LogP contribution in [-0.2, 0) is 22.5 Å². The number of aromatic nitrogens is 3. The first-order valence-electron chi connectivity index (χ1n) is 6.45. The second kappa shape index (κ2) is 6.65. The van der Waals surface area contributed by atoms with E-state index in [1.165, 1.54) is 12.3 Å². The number of rotatable bonds is 6. The normalized spacial score (nSPS) is 10.3. The first kappa shape index (κ1) is 14.7. The second-order valence-electron chi connectivity index (χ2n) is 4.37. The maximum Gasteiger partial charge on any atom is 0.335 e. The highest BCUT2D eigenvalue weighted by molar-refractivity contribution is 5.87. The fourth-order valence-corrected chi connectivity index (χ4v) is 1.88. The van der Waals surface area contributed by atoms with Gasteiger partial charge < -0.3 is 9.84 Å². The van der Waals surface area contributed by atoms with Gasteiger partial charge in [-0.25, -0.2) is 9.48 Å². The summed E-state index contributed by atoms with van der Waals surface area (Å²) in [4.78, 5) is 22.4. The smallest absolute Gasteiger partial charge is 0.335 e. The van der Waals surface area contributed by atoms with E-state index in [2.05, 4.69) is 10.3 Å². The minimum atomic E-state index is -0.984. The highest BCUT2D eigenvalue weighted by Crippen LogP contribution is 2.09. The van der Waals surface area contributed by atoms with Crippen molar-refractivity contribution in [2.24, 2.45) is 0 Å². The van der Waals surface area contributed by atoms with Gasteiger partial charge in [0.05, 0.1) is 37.0 Å². The number of ether oxygens (including phenoxy) is 1. The molecule has 7 nitrogen and oxygen atoms in total. The van der Waals surface area contributed by atoms with Crippen LogP contribution in [-0.4, -0.2) is 38.6 Å². The largest absolute Gasteiger partial charge is 0.478 e. The monoisotopic (exact) mass is 289 g/mol. The van der Waals surface area contributed by atoms with Crippen LogP contribution in [0.15, 0.2) is 30.5 Å². The molecule has 7 heteroatoms. The van der Waals surface area contributed by atoms with Crippen molar-refractivity contribution in [3.63, 3.8) is 0 Å². The Kier molecular flexibility index (Phi) is 4.65. The van der Waals surface area contributed by atoms with Crippen molar-refractivity contribution in [2.45, 2.75) is 19.9 Å². The van der Waals surface area contributed by atoms with Gasteiger partial charge in [-0.3, -0.25) is 4.79 Å². The van der Waals surface area contributed by atoms with Crippen molar-refractivity contribution in [2.75, 3.05) is 6.61 Å². The summed E-state index contributed by atoms with van der Waals surface area (Å²) >= 11 is 0. The van der Waals surface area contributed by atoms with Crippen LogP contribution in [0.1, 0.15) is 28.5 Å². The predicted molar refractivity (Wildman–Crippen MR) is 72.9 cm³/mol. The van der Waals surface area contributed by atoms with Gasteiger partial charge in [-0.2, -0.15) is 0 Å². The molecule has 0 atom stereocenters. The summed E-state index contributed by atoms with van der Waals surface area (Å²) in [6.45, 7) is 2.40. The van der Waals surface area contributed by atoms with E-state index in [1.54, 1.807) is 29.8 Å². The number of hydrogen-bond donors (Lipinski definition) is 1. The van der Waals surface area contributed by atoms with Crippen LogP contribution in [0.25, 0.3) is 0 Å². The van der Waals surface area contributed by atoms with E-state index in [1.807, 2.05) is 0 Å². The summed E-state index contributed by atoms with van der Waals surface area (Å²) in [7, 11) is 0. The third-order valence-electron chi connectivity index (χ3n) is 2.83. The maximum absolute atomic E-state index is 11.5. The van der Waals surface area contributed by atoms with Crippen LogP contribution in [0.4, 0.5) is 0 Å². The van der Waals surface area contributed by atoms with Gasteiger partial charge in [0.1, 0.15) is 0 Å². The van der Waals surface area contributed by atoms with Gasteiger partial charge in [0.2, 0.25) is 0 Å². The van der Waals surface area contributed by atoms with Crippen molar-refractivity contribution in [3.05, 3.63) is 47.3 Å². The van der Waals surface area contributed by atoms with Gasteiger partial charge >= 0.3 is 11.9 Å². The van der Waals surface area contributed by atoms with Crippen LogP contribution in [0.2, 0.25) is 0 Å². The Morgan fingerprint density at radius 2 is 2.19 bits per heavy atom. The number of nitrogens with zero attached hydrogens (tertiary/aromatic N) is 3. The van der Waals surface area contributed by atoms with E-state index in [-0.39, 0.29) is 18.0 Å². The van der Waals surface area contributed by atoms with Gasteiger partial charge in [-0.05, 0) is 24.6 Å². The van der Waals surface area contributed by atoms with Crippen LogP contribution < -0.4 is 0 Å². The van der Waals surface area contributed by atoms with Crippen molar-refractivity contribution in [1.29, 1.82) is 0 Å². The molecule has 0 radical (unpaired) electrons. The van der Waals surface area contributed by atoms with Crippen LogP contribution in [0.3, 0.4) is 0 Å². The third-order valence-corrected chi connectivity index (χ3v) is 2.83. The number of carbonyl (C=O) groups excluding carboxylic acids is 1. The number of carboxylic acid groups (broad SMARTS) is 1. The molecule has 2 rings (SSSR count). The zero-order chi connectivity index (χ0) is 15.2. The molecule has 2 aromatic rings. The summed E-state index contributed by atoms with van der Waals surface area (Å²) in [6, 6.07) is 6.55. The SMILES string of the molecule is CCOC(=O)Cc1cnnn1Cc1cccc(C(=O)O)c1. The molecule has 0 bridgehead atoms.